The third kappa shape index (κ3) is 17.8. The second-order valence-corrected chi connectivity index (χ2v) is 18.4. The van der Waals surface area contributed by atoms with Gasteiger partial charge in [0, 0.05) is 27.4 Å². The predicted molar refractivity (Wildman–Crippen MR) is 271 cm³/mol. The molecule has 2 heterocycles. The molecular weight excluding hydrogens is 985 g/mol. The van der Waals surface area contributed by atoms with E-state index in [0.29, 0.717) is 6.42 Å². The van der Waals surface area contributed by atoms with Gasteiger partial charge in [0.2, 0.25) is 0 Å². The molecular formula is C58H68O18. The fourth-order valence-electron chi connectivity index (χ4n) is 8.73. The van der Waals surface area contributed by atoms with Gasteiger partial charge in [-0.3, -0.25) is 14.4 Å². The number of unbranched alkanes of at least 4 members (excludes halogenated alkanes) is 9. The molecule has 0 unspecified atom stereocenters. The highest BCUT2D eigenvalue weighted by molar-refractivity contribution is 5.91. The number of esters is 7. The molecule has 0 bridgehead atoms. The zero-order valence-corrected chi connectivity index (χ0v) is 43.4. The van der Waals surface area contributed by atoms with Crippen LogP contribution in [0, 0.1) is 0 Å². The van der Waals surface area contributed by atoms with Gasteiger partial charge < -0.3 is 52.1 Å². The molecule has 2 aliphatic heterocycles. The van der Waals surface area contributed by atoms with Crippen molar-refractivity contribution in [2.45, 2.75) is 153 Å². The van der Waals surface area contributed by atoms with Crippen molar-refractivity contribution in [3.63, 3.8) is 0 Å². The molecule has 76 heavy (non-hydrogen) atoms. The third-order valence-corrected chi connectivity index (χ3v) is 12.5. The van der Waals surface area contributed by atoms with E-state index in [1.807, 2.05) is 0 Å². The van der Waals surface area contributed by atoms with Crippen molar-refractivity contribution in [2.75, 3.05) is 19.8 Å². The van der Waals surface area contributed by atoms with Crippen LogP contribution in [0.3, 0.4) is 0 Å². The molecule has 408 valence electrons. The normalized spacial score (nSPS) is 23.0. The Morgan fingerprint density at radius 2 is 0.750 bits per heavy atom. The van der Waals surface area contributed by atoms with Crippen LogP contribution in [0.5, 0.6) is 0 Å². The van der Waals surface area contributed by atoms with Crippen molar-refractivity contribution in [3.05, 3.63) is 144 Å². The molecule has 2 saturated heterocycles. The lowest BCUT2D eigenvalue weighted by atomic mass is 9.95. The van der Waals surface area contributed by atoms with Crippen LogP contribution >= 0.6 is 0 Å². The highest BCUT2D eigenvalue weighted by Crippen LogP contribution is 2.37. The minimum absolute atomic E-state index is 0.0367. The van der Waals surface area contributed by atoms with Crippen LogP contribution < -0.4 is 0 Å². The van der Waals surface area contributed by atoms with Crippen LogP contribution in [-0.2, 0) is 66.5 Å². The van der Waals surface area contributed by atoms with E-state index in [4.69, 9.17) is 52.1 Å². The Bertz CT molecular complexity index is 2450. The molecule has 0 aromatic heterocycles. The van der Waals surface area contributed by atoms with Crippen LogP contribution in [0.1, 0.15) is 133 Å². The van der Waals surface area contributed by atoms with E-state index >= 15 is 0 Å². The Hall–Kier alpha value is -6.99. The lowest BCUT2D eigenvalue weighted by Gasteiger charge is -2.48. The maximum atomic E-state index is 14.3. The molecule has 4 aromatic carbocycles. The first-order valence-corrected chi connectivity index (χ1v) is 25.9. The van der Waals surface area contributed by atoms with E-state index in [1.54, 1.807) is 72.8 Å². The van der Waals surface area contributed by atoms with Crippen LogP contribution in [-0.4, -0.2) is 123 Å². The number of benzene rings is 4. The monoisotopic (exact) mass is 1050 g/mol. The van der Waals surface area contributed by atoms with E-state index in [9.17, 15) is 33.6 Å². The van der Waals surface area contributed by atoms with Gasteiger partial charge in [-0.1, -0.05) is 138 Å². The number of hydrogen-bond acceptors (Lipinski definition) is 18. The first kappa shape index (κ1) is 58.3. The van der Waals surface area contributed by atoms with Gasteiger partial charge in [0.1, 0.15) is 31.5 Å². The molecule has 0 radical (unpaired) electrons. The quantitative estimate of drug-likeness (QED) is 0.0309. The fourth-order valence-corrected chi connectivity index (χ4v) is 8.73. The van der Waals surface area contributed by atoms with Crippen molar-refractivity contribution in [1.82, 2.24) is 0 Å². The van der Waals surface area contributed by atoms with Crippen molar-refractivity contribution >= 4 is 41.8 Å². The lowest BCUT2D eigenvalue weighted by molar-refractivity contribution is -0.359. The Kier molecular flexibility index (Phi) is 23.4. The standard InChI is InChI=1S/C58H68O18/c1-5-6-7-8-9-10-11-12-13-26-35-66-57-51(70-40(4)61)50(47(69-39(3)60)45(71-57)36-67-38(2)59)76-58-52(75-56(65)44-33-24-17-25-34-44)49(74-55(64)43-31-22-16-23-32-43)48(73-54(63)42-29-20-15-21-30-42)46(72-58)37-68-53(62)41-27-18-14-19-28-41/h14-25,27-34,45-52,57-58H,5-13,26,35-37H2,1-4H3/t45-,46-,47-,48-,49+,50+,51-,52-,57-,58-/m1/s1. The minimum Gasteiger partial charge on any atom is -0.463 e. The number of carbonyl (C=O) groups is 7. The Morgan fingerprint density at radius 3 is 1.21 bits per heavy atom. The molecule has 6 rings (SSSR count). The van der Waals surface area contributed by atoms with Crippen molar-refractivity contribution in [3.8, 4) is 0 Å². The summed E-state index contributed by atoms with van der Waals surface area (Å²) in [7, 11) is 0. The number of rotatable bonds is 27. The van der Waals surface area contributed by atoms with E-state index in [0.717, 1.165) is 46.0 Å². The van der Waals surface area contributed by atoms with Gasteiger partial charge >= 0.3 is 41.8 Å². The topological polar surface area (TPSA) is 221 Å². The summed E-state index contributed by atoms with van der Waals surface area (Å²) in [6.07, 6.45) is -6.15. The van der Waals surface area contributed by atoms with E-state index in [-0.39, 0.29) is 28.9 Å². The van der Waals surface area contributed by atoms with Crippen molar-refractivity contribution in [1.29, 1.82) is 0 Å². The predicted octanol–water partition coefficient (Wildman–Crippen LogP) is 8.72. The second-order valence-electron chi connectivity index (χ2n) is 18.4. The smallest absolute Gasteiger partial charge is 0.338 e. The maximum absolute atomic E-state index is 14.3. The maximum Gasteiger partial charge on any atom is 0.338 e. The largest absolute Gasteiger partial charge is 0.463 e. The SMILES string of the molecule is CCCCCCCCCCCCO[C@@H]1O[C@H](COC(C)=O)[C@@H](OC(C)=O)[C@H](O[C@H]2O[C@H](COC(=O)c3ccccc3)[C@@H](OC(=O)c3ccccc3)[C@H](OC(=O)c3ccccc3)[C@H]2OC(=O)c2ccccc2)[C@H]1OC(C)=O. The van der Waals surface area contributed by atoms with Crippen LogP contribution in [0.15, 0.2) is 121 Å². The average molecular weight is 1050 g/mol. The zero-order valence-electron chi connectivity index (χ0n) is 43.4. The summed E-state index contributed by atoms with van der Waals surface area (Å²) < 4.78 is 67.8. The third-order valence-electron chi connectivity index (χ3n) is 12.5. The molecule has 2 fully saturated rings. The van der Waals surface area contributed by atoms with Crippen molar-refractivity contribution in [2.24, 2.45) is 0 Å². The van der Waals surface area contributed by atoms with Crippen LogP contribution in [0.4, 0.5) is 0 Å². The minimum atomic E-state index is -1.95. The molecule has 18 heteroatoms. The van der Waals surface area contributed by atoms with Crippen molar-refractivity contribution < 1.29 is 85.7 Å². The lowest BCUT2D eigenvalue weighted by Crippen LogP contribution is -2.67. The first-order valence-electron chi connectivity index (χ1n) is 25.9. The molecule has 4 aromatic rings. The first-order chi connectivity index (χ1) is 36.8. The molecule has 0 spiro atoms. The molecule has 10 atom stereocenters. The van der Waals surface area contributed by atoms with Gasteiger partial charge in [-0.15, -0.1) is 0 Å². The van der Waals surface area contributed by atoms with Gasteiger partial charge in [0.25, 0.3) is 0 Å². The Labute approximate surface area is 442 Å². The van der Waals surface area contributed by atoms with E-state index < -0.39 is 116 Å². The summed E-state index contributed by atoms with van der Waals surface area (Å²) in [5.74, 6) is -6.07. The molecule has 18 nitrogen and oxygen atoms in total. The second kappa shape index (κ2) is 30.5. The fraction of sp³-hybridized carbons (Fsp3) is 0.466. The summed E-state index contributed by atoms with van der Waals surface area (Å²) >= 11 is 0. The molecule has 0 N–H and O–H groups in total. The molecule has 2 aliphatic rings. The summed E-state index contributed by atoms with van der Waals surface area (Å²) in [4.78, 5) is 94.9. The van der Waals surface area contributed by atoms with Gasteiger partial charge in [-0.25, -0.2) is 19.2 Å². The molecule has 0 amide bonds. The highest BCUT2D eigenvalue weighted by atomic mass is 16.8. The molecule has 0 aliphatic carbocycles. The average Bonchev–Trinajstić information content (AvgIpc) is 3.44. The van der Waals surface area contributed by atoms with Gasteiger partial charge in [-0.2, -0.15) is 0 Å². The number of ether oxygens (including phenoxy) is 11. The van der Waals surface area contributed by atoms with Crippen LogP contribution in [0.25, 0.3) is 0 Å². The zero-order chi connectivity index (χ0) is 54.2. The summed E-state index contributed by atoms with van der Waals surface area (Å²) in [5, 5.41) is 0. The van der Waals surface area contributed by atoms with Gasteiger partial charge in [0.15, 0.2) is 43.1 Å². The van der Waals surface area contributed by atoms with E-state index in [2.05, 4.69) is 6.92 Å². The summed E-state index contributed by atoms with van der Waals surface area (Å²) in [5.41, 5.74) is 0.314. The number of carbonyl (C=O) groups excluding carboxylic acids is 7. The Morgan fingerprint density at radius 1 is 0.382 bits per heavy atom. The van der Waals surface area contributed by atoms with Gasteiger partial charge in [0.05, 0.1) is 22.3 Å². The number of hydrogen-bond donors (Lipinski definition) is 0. The van der Waals surface area contributed by atoms with Crippen LogP contribution in [0.2, 0.25) is 0 Å². The Balaban J connectivity index is 1.43. The highest BCUT2D eigenvalue weighted by Gasteiger charge is 2.58. The van der Waals surface area contributed by atoms with E-state index in [1.165, 1.54) is 81.1 Å². The summed E-state index contributed by atoms with van der Waals surface area (Å²) in [6.45, 7) is 4.51. The van der Waals surface area contributed by atoms with Gasteiger partial charge in [-0.05, 0) is 55.0 Å². The summed E-state index contributed by atoms with van der Waals surface area (Å²) in [6, 6.07) is 31.4. The molecule has 0 saturated carbocycles.